The molecule has 0 aliphatic heterocycles. The first-order valence-electron chi connectivity index (χ1n) is 5.21. The van der Waals surface area contributed by atoms with Gasteiger partial charge in [-0.15, -0.1) is 0 Å². The Balaban J connectivity index is 2.32. The molecule has 92 valence electrons. The van der Waals surface area contributed by atoms with E-state index in [2.05, 4.69) is 0 Å². The van der Waals surface area contributed by atoms with Crippen LogP contribution in [-0.2, 0) is 12.7 Å². The maximum Gasteiger partial charge on any atom is 0.419 e. The molecule has 18 heavy (non-hydrogen) atoms. The number of hydrogen-bond acceptors (Lipinski definition) is 1. The van der Waals surface area contributed by atoms with Crippen molar-refractivity contribution in [1.29, 1.82) is 5.26 Å². The van der Waals surface area contributed by atoms with Gasteiger partial charge in [0.1, 0.15) is 6.07 Å². The van der Waals surface area contributed by atoms with E-state index in [9.17, 15) is 13.2 Å². The number of halogens is 3. The van der Waals surface area contributed by atoms with E-state index in [-0.39, 0.29) is 5.56 Å². The molecule has 0 bridgehead atoms. The minimum atomic E-state index is -4.49. The summed E-state index contributed by atoms with van der Waals surface area (Å²) in [4.78, 5) is 0. The molecule has 1 aromatic carbocycles. The number of nitrogens with zero attached hydrogens (tertiary/aromatic N) is 2. The Morgan fingerprint density at radius 1 is 1.11 bits per heavy atom. The molecule has 0 saturated carbocycles. The highest BCUT2D eigenvalue weighted by Crippen LogP contribution is 2.32. The molecule has 1 aromatic heterocycles. The lowest BCUT2D eigenvalue weighted by molar-refractivity contribution is -0.137. The van der Waals surface area contributed by atoms with Crippen molar-refractivity contribution in [2.45, 2.75) is 12.7 Å². The van der Waals surface area contributed by atoms with Crippen LogP contribution in [0.1, 0.15) is 16.7 Å². The summed E-state index contributed by atoms with van der Waals surface area (Å²) in [6.07, 6.45) is -2.31. The third kappa shape index (κ3) is 2.54. The first-order valence-corrected chi connectivity index (χ1v) is 5.21. The summed E-state index contributed by atoms with van der Waals surface area (Å²) in [6.45, 7) is 0.311. The minimum absolute atomic E-state index is 0.311. The van der Waals surface area contributed by atoms with Crippen molar-refractivity contribution in [2.24, 2.45) is 0 Å². The number of benzene rings is 1. The highest BCUT2D eigenvalue weighted by Gasteiger charge is 2.35. The smallest absolute Gasteiger partial charge is 0.348 e. The molecule has 1 heterocycles. The van der Waals surface area contributed by atoms with E-state index in [0.717, 1.165) is 11.8 Å². The lowest BCUT2D eigenvalue weighted by atomic mass is 10.2. The Morgan fingerprint density at radius 3 is 2.28 bits per heavy atom. The lowest BCUT2D eigenvalue weighted by Gasteiger charge is -2.04. The lowest BCUT2D eigenvalue weighted by Crippen LogP contribution is -2.05. The predicted octanol–water partition coefficient (Wildman–Crippen LogP) is 3.43. The van der Waals surface area contributed by atoms with Gasteiger partial charge in [-0.2, -0.15) is 18.4 Å². The van der Waals surface area contributed by atoms with Crippen molar-refractivity contribution in [3.8, 4) is 6.07 Å². The molecule has 0 radical (unpaired) electrons. The van der Waals surface area contributed by atoms with Crippen molar-refractivity contribution >= 4 is 0 Å². The van der Waals surface area contributed by atoms with Gasteiger partial charge >= 0.3 is 6.18 Å². The highest BCUT2D eigenvalue weighted by atomic mass is 19.4. The summed E-state index contributed by atoms with van der Waals surface area (Å²) in [6, 6.07) is 10.7. The summed E-state index contributed by atoms with van der Waals surface area (Å²) in [5, 5.41) is 8.70. The molecule has 2 nitrogen and oxygen atoms in total. The number of aromatic nitrogens is 1. The average Bonchev–Trinajstić information content (AvgIpc) is 2.73. The highest BCUT2D eigenvalue weighted by molar-refractivity contribution is 5.38. The van der Waals surface area contributed by atoms with E-state index >= 15 is 0 Å². The van der Waals surface area contributed by atoms with Crippen LogP contribution < -0.4 is 0 Å². The fraction of sp³-hybridized carbons (Fsp3) is 0.154. The van der Waals surface area contributed by atoms with E-state index in [0.29, 0.717) is 6.54 Å². The van der Waals surface area contributed by atoms with Crippen LogP contribution in [0.5, 0.6) is 0 Å². The molecule has 0 fully saturated rings. The molecule has 0 unspecified atom stereocenters. The van der Waals surface area contributed by atoms with Gasteiger partial charge in [-0.1, -0.05) is 30.3 Å². The topological polar surface area (TPSA) is 28.7 Å². The van der Waals surface area contributed by atoms with E-state index in [4.69, 9.17) is 5.26 Å². The molecule has 0 aliphatic carbocycles. The summed E-state index contributed by atoms with van der Waals surface area (Å²) in [5.41, 5.74) is -0.356. The number of hydrogen-bond donors (Lipinski definition) is 0. The molecule has 0 saturated heterocycles. The summed E-state index contributed by atoms with van der Waals surface area (Å²) < 4.78 is 39.2. The summed E-state index contributed by atoms with van der Waals surface area (Å²) in [7, 11) is 0. The van der Waals surface area contributed by atoms with Crippen LogP contribution in [0.25, 0.3) is 0 Å². The molecule has 0 atom stereocenters. The van der Waals surface area contributed by atoms with Gasteiger partial charge in [0.25, 0.3) is 0 Å². The van der Waals surface area contributed by atoms with Gasteiger partial charge in [-0.3, -0.25) is 0 Å². The zero-order chi connectivity index (χ0) is 13.2. The van der Waals surface area contributed by atoms with Gasteiger partial charge in [0.2, 0.25) is 0 Å². The maximum absolute atomic E-state index is 12.6. The Morgan fingerprint density at radius 2 is 1.78 bits per heavy atom. The number of nitriles is 1. The third-order valence-corrected chi connectivity index (χ3v) is 2.51. The van der Waals surface area contributed by atoms with Gasteiger partial charge in [0.15, 0.2) is 0 Å². The molecule has 0 N–H and O–H groups in total. The van der Waals surface area contributed by atoms with Gasteiger partial charge in [0, 0.05) is 18.9 Å². The van der Waals surface area contributed by atoms with E-state index < -0.39 is 11.7 Å². The number of rotatable bonds is 2. The molecular weight excluding hydrogens is 241 g/mol. The first kappa shape index (κ1) is 12.2. The zero-order valence-corrected chi connectivity index (χ0v) is 9.28. The van der Waals surface area contributed by atoms with Crippen molar-refractivity contribution in [3.05, 3.63) is 59.4 Å². The van der Waals surface area contributed by atoms with Crippen LogP contribution in [0.2, 0.25) is 0 Å². The van der Waals surface area contributed by atoms with Gasteiger partial charge in [-0.25, -0.2) is 0 Å². The van der Waals surface area contributed by atoms with Gasteiger partial charge in [0.05, 0.1) is 11.1 Å². The Labute approximate surface area is 102 Å². The van der Waals surface area contributed by atoms with Crippen LogP contribution in [0.4, 0.5) is 13.2 Å². The predicted molar refractivity (Wildman–Crippen MR) is 59.7 cm³/mol. The third-order valence-electron chi connectivity index (χ3n) is 2.51. The fourth-order valence-electron chi connectivity index (χ4n) is 1.71. The van der Waals surface area contributed by atoms with Crippen LogP contribution in [0, 0.1) is 11.3 Å². The van der Waals surface area contributed by atoms with E-state index in [1.807, 2.05) is 30.3 Å². The molecule has 0 aliphatic rings. The van der Waals surface area contributed by atoms with Crippen molar-refractivity contribution < 1.29 is 13.2 Å². The minimum Gasteiger partial charge on any atom is -0.348 e. The van der Waals surface area contributed by atoms with Crippen molar-refractivity contribution in [1.82, 2.24) is 4.57 Å². The van der Waals surface area contributed by atoms with Crippen LogP contribution in [-0.4, -0.2) is 4.57 Å². The molecule has 5 heteroatoms. The van der Waals surface area contributed by atoms with Gasteiger partial charge in [-0.05, 0) is 5.56 Å². The largest absolute Gasteiger partial charge is 0.419 e. The Kier molecular flexibility index (Phi) is 3.11. The molecular formula is C13H9F3N2. The van der Waals surface area contributed by atoms with Crippen molar-refractivity contribution in [2.75, 3.05) is 0 Å². The fourth-order valence-corrected chi connectivity index (χ4v) is 1.71. The van der Waals surface area contributed by atoms with Gasteiger partial charge < -0.3 is 4.57 Å². The first-order chi connectivity index (χ1) is 8.50. The molecule has 2 aromatic rings. The second kappa shape index (κ2) is 4.57. The van der Waals surface area contributed by atoms with Crippen LogP contribution >= 0.6 is 0 Å². The quantitative estimate of drug-likeness (QED) is 0.802. The second-order valence-electron chi connectivity index (χ2n) is 3.85. The normalized spacial score (nSPS) is 11.2. The number of alkyl halides is 3. The summed E-state index contributed by atoms with van der Waals surface area (Å²) in [5.74, 6) is 0. The van der Waals surface area contributed by atoms with E-state index in [1.165, 1.54) is 10.8 Å². The van der Waals surface area contributed by atoms with Crippen LogP contribution in [0.15, 0.2) is 42.7 Å². The summed E-state index contributed by atoms with van der Waals surface area (Å²) >= 11 is 0. The van der Waals surface area contributed by atoms with Crippen LogP contribution in [0.3, 0.4) is 0 Å². The molecule has 2 rings (SSSR count). The zero-order valence-electron chi connectivity index (χ0n) is 9.28. The monoisotopic (exact) mass is 250 g/mol. The SMILES string of the molecule is N#Cc1cn(Cc2ccccc2)cc1C(F)(F)F. The second-order valence-corrected chi connectivity index (χ2v) is 3.85. The molecule has 0 amide bonds. The van der Waals surface area contributed by atoms with Crippen molar-refractivity contribution in [3.63, 3.8) is 0 Å². The average molecular weight is 250 g/mol. The Hall–Kier alpha value is -2.22. The maximum atomic E-state index is 12.6. The standard InChI is InChI=1S/C13H9F3N2/c14-13(15,16)12-9-18(8-11(12)6-17)7-10-4-2-1-3-5-10/h1-5,8-9H,7H2. The molecule has 0 spiro atoms. The van der Waals surface area contributed by atoms with E-state index in [1.54, 1.807) is 6.07 Å². The Bertz CT molecular complexity index is 577.